The topological polar surface area (TPSA) is 29.1 Å². The lowest BCUT2D eigenvalue weighted by Gasteiger charge is -2.08. The van der Waals surface area contributed by atoms with E-state index < -0.39 is 0 Å². The molecule has 0 radical (unpaired) electrons. The van der Waals surface area contributed by atoms with Gasteiger partial charge in [0.2, 0.25) is 5.91 Å². The Morgan fingerprint density at radius 2 is 1.86 bits per heavy atom. The number of hydrogen-bond donors (Lipinski definition) is 1. The van der Waals surface area contributed by atoms with Gasteiger partial charge in [-0.25, -0.2) is 0 Å². The molecule has 1 saturated heterocycles. The van der Waals surface area contributed by atoms with Crippen LogP contribution in [0.15, 0.2) is 30.3 Å². The van der Waals surface area contributed by atoms with E-state index in [9.17, 15) is 4.79 Å². The summed E-state index contributed by atoms with van der Waals surface area (Å²) >= 11 is 0. The van der Waals surface area contributed by atoms with E-state index in [0.717, 1.165) is 6.42 Å². The summed E-state index contributed by atoms with van der Waals surface area (Å²) < 4.78 is 0. The van der Waals surface area contributed by atoms with E-state index >= 15 is 0 Å². The molecule has 1 N–H and O–H groups in total. The Morgan fingerprint density at radius 1 is 1.21 bits per heavy atom. The Morgan fingerprint density at radius 3 is 2.36 bits per heavy atom. The van der Waals surface area contributed by atoms with E-state index in [-0.39, 0.29) is 11.9 Å². The maximum absolute atomic E-state index is 10.9. The SMILES string of the molecule is CC.O=C1CCC(c2ccccc2)N1. The highest BCUT2D eigenvalue weighted by Crippen LogP contribution is 2.22. The molecule has 1 aliphatic rings. The number of carbonyl (C=O) groups is 1. The van der Waals surface area contributed by atoms with Gasteiger partial charge in [0, 0.05) is 6.42 Å². The van der Waals surface area contributed by atoms with E-state index in [0.29, 0.717) is 6.42 Å². The van der Waals surface area contributed by atoms with E-state index in [1.165, 1.54) is 5.56 Å². The molecule has 1 atom stereocenters. The monoisotopic (exact) mass is 191 g/mol. The Hall–Kier alpha value is -1.31. The zero-order chi connectivity index (χ0) is 10.4. The largest absolute Gasteiger partial charge is 0.349 e. The number of rotatable bonds is 1. The van der Waals surface area contributed by atoms with Gasteiger partial charge >= 0.3 is 0 Å². The normalized spacial score (nSPS) is 19.6. The number of hydrogen-bond acceptors (Lipinski definition) is 1. The first kappa shape index (κ1) is 10.8. The zero-order valence-corrected chi connectivity index (χ0v) is 8.79. The van der Waals surface area contributed by atoms with Crippen molar-refractivity contribution in [2.45, 2.75) is 32.7 Å². The molecule has 1 aliphatic heterocycles. The average molecular weight is 191 g/mol. The lowest BCUT2D eigenvalue weighted by atomic mass is 10.1. The van der Waals surface area contributed by atoms with Gasteiger partial charge in [-0.2, -0.15) is 0 Å². The van der Waals surface area contributed by atoms with Crippen molar-refractivity contribution >= 4 is 5.91 Å². The molecule has 1 fully saturated rings. The van der Waals surface area contributed by atoms with Gasteiger partial charge in [-0.3, -0.25) is 4.79 Å². The number of nitrogens with one attached hydrogen (secondary N) is 1. The molecule has 1 aromatic carbocycles. The lowest BCUT2D eigenvalue weighted by molar-refractivity contribution is -0.119. The van der Waals surface area contributed by atoms with Crippen molar-refractivity contribution in [3.05, 3.63) is 35.9 Å². The molecule has 14 heavy (non-hydrogen) atoms. The van der Waals surface area contributed by atoms with Crippen LogP contribution in [0.1, 0.15) is 38.3 Å². The van der Waals surface area contributed by atoms with Crippen molar-refractivity contribution in [2.75, 3.05) is 0 Å². The van der Waals surface area contributed by atoms with Crippen LogP contribution >= 0.6 is 0 Å². The van der Waals surface area contributed by atoms with Gasteiger partial charge in [-0.1, -0.05) is 44.2 Å². The molecule has 0 aromatic heterocycles. The molecule has 0 bridgehead atoms. The summed E-state index contributed by atoms with van der Waals surface area (Å²) in [7, 11) is 0. The van der Waals surface area contributed by atoms with Crippen molar-refractivity contribution in [1.82, 2.24) is 5.32 Å². The Bertz CT molecular complexity index is 282. The molecular formula is C12H17NO. The van der Waals surface area contributed by atoms with Gasteiger partial charge in [-0.05, 0) is 12.0 Å². The predicted molar refractivity (Wildman–Crippen MR) is 57.9 cm³/mol. The summed E-state index contributed by atoms with van der Waals surface area (Å²) in [4.78, 5) is 10.9. The third kappa shape index (κ3) is 2.59. The first-order valence-electron chi connectivity index (χ1n) is 5.20. The quantitative estimate of drug-likeness (QED) is 0.726. The maximum Gasteiger partial charge on any atom is 0.220 e. The van der Waals surface area contributed by atoms with Crippen LogP contribution in [-0.4, -0.2) is 5.91 Å². The molecular weight excluding hydrogens is 174 g/mol. The fraction of sp³-hybridized carbons (Fsp3) is 0.417. The summed E-state index contributed by atoms with van der Waals surface area (Å²) in [5.74, 6) is 0.170. The fourth-order valence-electron chi connectivity index (χ4n) is 1.55. The number of amides is 1. The van der Waals surface area contributed by atoms with Gasteiger partial charge in [0.15, 0.2) is 0 Å². The predicted octanol–water partition coefficient (Wildman–Crippen LogP) is 2.66. The second kappa shape index (κ2) is 5.43. The van der Waals surface area contributed by atoms with E-state index in [4.69, 9.17) is 0 Å². The maximum atomic E-state index is 10.9. The van der Waals surface area contributed by atoms with Crippen LogP contribution in [0.4, 0.5) is 0 Å². The van der Waals surface area contributed by atoms with E-state index in [1.807, 2.05) is 32.0 Å². The highest BCUT2D eigenvalue weighted by Gasteiger charge is 2.21. The second-order valence-electron chi connectivity index (χ2n) is 3.07. The molecule has 1 amide bonds. The molecule has 1 aromatic rings. The first-order chi connectivity index (χ1) is 6.86. The molecule has 2 nitrogen and oxygen atoms in total. The summed E-state index contributed by atoms with van der Waals surface area (Å²) in [5.41, 5.74) is 1.21. The van der Waals surface area contributed by atoms with Gasteiger partial charge in [0.05, 0.1) is 6.04 Å². The summed E-state index contributed by atoms with van der Waals surface area (Å²) in [6.45, 7) is 4.00. The second-order valence-corrected chi connectivity index (χ2v) is 3.07. The molecule has 0 aliphatic carbocycles. The van der Waals surface area contributed by atoms with Crippen LogP contribution in [0, 0.1) is 0 Å². The van der Waals surface area contributed by atoms with Crippen molar-refractivity contribution < 1.29 is 4.79 Å². The summed E-state index contributed by atoms with van der Waals surface area (Å²) in [5, 5.41) is 2.93. The standard InChI is InChI=1S/C10H11NO.C2H6/c12-10-7-6-9(11-10)8-4-2-1-3-5-8;1-2/h1-5,9H,6-7H2,(H,11,12);1-2H3. The lowest BCUT2D eigenvalue weighted by Crippen LogP contribution is -2.17. The third-order valence-corrected chi connectivity index (χ3v) is 2.20. The minimum Gasteiger partial charge on any atom is -0.349 e. The Kier molecular flexibility index (Phi) is 4.17. The average Bonchev–Trinajstić information content (AvgIpc) is 2.69. The number of benzene rings is 1. The minimum atomic E-state index is 0.170. The van der Waals surface area contributed by atoms with Crippen LogP contribution in [-0.2, 0) is 4.79 Å². The molecule has 2 rings (SSSR count). The van der Waals surface area contributed by atoms with Crippen molar-refractivity contribution in [2.24, 2.45) is 0 Å². The smallest absolute Gasteiger partial charge is 0.220 e. The van der Waals surface area contributed by atoms with Crippen LogP contribution < -0.4 is 5.32 Å². The first-order valence-corrected chi connectivity index (χ1v) is 5.20. The van der Waals surface area contributed by atoms with Crippen LogP contribution in [0.5, 0.6) is 0 Å². The van der Waals surface area contributed by atoms with Gasteiger partial charge < -0.3 is 5.32 Å². The molecule has 1 unspecified atom stereocenters. The third-order valence-electron chi connectivity index (χ3n) is 2.20. The van der Waals surface area contributed by atoms with Crippen molar-refractivity contribution in [1.29, 1.82) is 0 Å². The zero-order valence-electron chi connectivity index (χ0n) is 8.79. The van der Waals surface area contributed by atoms with Crippen molar-refractivity contribution in [3.8, 4) is 0 Å². The van der Waals surface area contributed by atoms with Crippen LogP contribution in [0.25, 0.3) is 0 Å². The highest BCUT2D eigenvalue weighted by atomic mass is 16.1. The van der Waals surface area contributed by atoms with Gasteiger partial charge in [0.1, 0.15) is 0 Å². The molecule has 0 spiro atoms. The molecule has 0 saturated carbocycles. The summed E-state index contributed by atoms with van der Waals surface area (Å²) in [6, 6.07) is 10.3. The number of carbonyl (C=O) groups excluding carboxylic acids is 1. The van der Waals surface area contributed by atoms with E-state index in [1.54, 1.807) is 0 Å². The Labute approximate surface area is 85.3 Å². The molecule has 1 heterocycles. The molecule has 2 heteroatoms. The van der Waals surface area contributed by atoms with Gasteiger partial charge in [0.25, 0.3) is 0 Å². The van der Waals surface area contributed by atoms with Gasteiger partial charge in [-0.15, -0.1) is 0 Å². The minimum absolute atomic E-state index is 0.170. The summed E-state index contributed by atoms with van der Waals surface area (Å²) in [6.07, 6.45) is 1.60. The van der Waals surface area contributed by atoms with E-state index in [2.05, 4.69) is 17.4 Å². The van der Waals surface area contributed by atoms with Crippen molar-refractivity contribution in [3.63, 3.8) is 0 Å². The fourth-order valence-corrected chi connectivity index (χ4v) is 1.55. The van der Waals surface area contributed by atoms with Crippen LogP contribution in [0.2, 0.25) is 0 Å². The van der Waals surface area contributed by atoms with Crippen LogP contribution in [0.3, 0.4) is 0 Å². The highest BCUT2D eigenvalue weighted by molar-refractivity contribution is 5.78. The molecule has 76 valence electrons. The Balaban J connectivity index is 0.000000461.